The lowest BCUT2D eigenvalue weighted by atomic mass is 9.86. The van der Waals surface area contributed by atoms with Crippen LogP contribution in [0.4, 0.5) is 0 Å². The van der Waals surface area contributed by atoms with Crippen LogP contribution in [0.5, 0.6) is 0 Å². The molecule has 0 unspecified atom stereocenters. The van der Waals surface area contributed by atoms with Crippen molar-refractivity contribution in [1.29, 1.82) is 0 Å². The van der Waals surface area contributed by atoms with Crippen LogP contribution in [-0.4, -0.2) is 22.2 Å². The molecule has 0 aliphatic heterocycles. The van der Waals surface area contributed by atoms with Crippen LogP contribution in [0.25, 0.3) is 10.8 Å². The van der Waals surface area contributed by atoms with Crippen LogP contribution in [0.1, 0.15) is 11.1 Å². The van der Waals surface area contributed by atoms with Gasteiger partial charge in [-0.3, -0.25) is 9.59 Å². The molecule has 102 valence electrons. The molecule has 0 radical (unpaired) electrons. The standard InChI is InChI=1S/C16H14O4/c17-15(18)12-7-10-5-1-3-9-4-2-6-11(14(9)10)8-13(12)16(19)20/h1-6,12-13H,7-8H2,(H,17,18)(H,19,20)/t12-,13-/m1/s1. The smallest absolute Gasteiger partial charge is 0.307 e. The van der Waals surface area contributed by atoms with Gasteiger partial charge in [-0.15, -0.1) is 0 Å². The number of carboxylic acid groups (broad SMARTS) is 2. The van der Waals surface area contributed by atoms with Crippen molar-refractivity contribution < 1.29 is 19.8 Å². The van der Waals surface area contributed by atoms with Crippen LogP contribution >= 0.6 is 0 Å². The van der Waals surface area contributed by atoms with Gasteiger partial charge in [-0.1, -0.05) is 36.4 Å². The predicted molar refractivity (Wildman–Crippen MR) is 73.6 cm³/mol. The first kappa shape index (κ1) is 12.7. The Morgan fingerprint density at radius 3 is 1.70 bits per heavy atom. The van der Waals surface area contributed by atoms with Crippen molar-refractivity contribution in [2.24, 2.45) is 11.8 Å². The summed E-state index contributed by atoms with van der Waals surface area (Å²) in [6.07, 6.45) is 0.529. The predicted octanol–water partition coefficient (Wildman–Crippen LogP) is 2.34. The molecule has 0 bridgehead atoms. The Morgan fingerprint density at radius 1 is 0.850 bits per heavy atom. The number of hydrogen-bond donors (Lipinski definition) is 2. The molecule has 0 saturated heterocycles. The average Bonchev–Trinajstić information content (AvgIpc) is 2.58. The van der Waals surface area contributed by atoms with Crippen LogP contribution in [0.2, 0.25) is 0 Å². The minimum absolute atomic E-state index is 0.265. The van der Waals surface area contributed by atoms with Gasteiger partial charge in [-0.05, 0) is 34.7 Å². The minimum atomic E-state index is -1.04. The number of carbonyl (C=O) groups is 2. The summed E-state index contributed by atoms with van der Waals surface area (Å²) in [5.41, 5.74) is 1.85. The fourth-order valence-electron chi connectivity index (χ4n) is 3.12. The molecule has 2 aromatic carbocycles. The lowest BCUT2D eigenvalue weighted by Gasteiger charge is -2.17. The third-order valence-corrected chi connectivity index (χ3v) is 4.08. The summed E-state index contributed by atoms with van der Waals surface area (Å²) in [5, 5.41) is 20.8. The fraction of sp³-hybridized carbons (Fsp3) is 0.250. The van der Waals surface area contributed by atoms with Crippen molar-refractivity contribution in [3.05, 3.63) is 47.5 Å². The molecule has 4 nitrogen and oxygen atoms in total. The Balaban J connectivity index is 2.22. The first-order chi connectivity index (χ1) is 9.58. The summed E-state index contributed by atoms with van der Waals surface area (Å²) in [6.45, 7) is 0. The van der Waals surface area contributed by atoms with E-state index >= 15 is 0 Å². The van der Waals surface area contributed by atoms with Gasteiger partial charge >= 0.3 is 11.9 Å². The summed E-state index contributed by atoms with van der Waals surface area (Å²) in [4.78, 5) is 22.9. The van der Waals surface area contributed by atoms with Crippen molar-refractivity contribution in [2.75, 3.05) is 0 Å². The Morgan fingerprint density at radius 2 is 1.30 bits per heavy atom. The fourth-order valence-corrected chi connectivity index (χ4v) is 3.12. The third-order valence-electron chi connectivity index (χ3n) is 4.08. The van der Waals surface area contributed by atoms with E-state index in [0.717, 1.165) is 21.9 Å². The maximum atomic E-state index is 11.4. The zero-order valence-corrected chi connectivity index (χ0v) is 10.7. The molecule has 4 heteroatoms. The van der Waals surface area contributed by atoms with Crippen LogP contribution < -0.4 is 0 Å². The zero-order chi connectivity index (χ0) is 14.3. The second kappa shape index (κ2) is 4.63. The molecule has 0 heterocycles. The normalized spacial score (nSPS) is 21.4. The topological polar surface area (TPSA) is 74.6 Å². The summed E-state index contributed by atoms with van der Waals surface area (Å²) >= 11 is 0. The van der Waals surface area contributed by atoms with Crippen molar-refractivity contribution in [1.82, 2.24) is 0 Å². The Bertz CT molecular complexity index is 648. The number of benzene rings is 2. The monoisotopic (exact) mass is 270 g/mol. The summed E-state index contributed by atoms with van der Waals surface area (Å²) in [7, 11) is 0. The summed E-state index contributed by atoms with van der Waals surface area (Å²) in [6, 6.07) is 11.5. The molecule has 1 aliphatic rings. The highest BCUT2D eigenvalue weighted by Gasteiger charge is 2.36. The van der Waals surface area contributed by atoms with Gasteiger partial charge in [0, 0.05) is 0 Å². The van der Waals surface area contributed by atoms with Gasteiger partial charge in [-0.25, -0.2) is 0 Å². The van der Waals surface area contributed by atoms with Gasteiger partial charge in [0.2, 0.25) is 0 Å². The molecule has 1 aliphatic carbocycles. The maximum Gasteiger partial charge on any atom is 0.307 e. The average molecular weight is 270 g/mol. The molecule has 0 fully saturated rings. The van der Waals surface area contributed by atoms with Gasteiger partial charge in [0.05, 0.1) is 11.8 Å². The van der Waals surface area contributed by atoms with Gasteiger partial charge in [0.15, 0.2) is 0 Å². The molecule has 2 N–H and O–H groups in total. The highest BCUT2D eigenvalue weighted by atomic mass is 16.4. The zero-order valence-electron chi connectivity index (χ0n) is 10.7. The number of hydrogen-bond acceptors (Lipinski definition) is 2. The van der Waals surface area contributed by atoms with Crippen molar-refractivity contribution in [3.63, 3.8) is 0 Å². The van der Waals surface area contributed by atoms with Gasteiger partial charge < -0.3 is 10.2 Å². The lowest BCUT2D eigenvalue weighted by molar-refractivity contribution is -0.153. The first-order valence-electron chi connectivity index (χ1n) is 6.53. The highest BCUT2D eigenvalue weighted by molar-refractivity contribution is 5.91. The molecule has 3 rings (SSSR count). The molecule has 0 amide bonds. The van der Waals surface area contributed by atoms with Crippen LogP contribution in [0, 0.1) is 11.8 Å². The van der Waals surface area contributed by atoms with E-state index < -0.39 is 23.8 Å². The van der Waals surface area contributed by atoms with E-state index in [1.807, 2.05) is 36.4 Å². The quantitative estimate of drug-likeness (QED) is 0.878. The SMILES string of the molecule is O=C(O)[C@@H]1Cc2cccc3cccc(c23)C[C@H]1C(=O)O. The van der Waals surface area contributed by atoms with Crippen LogP contribution in [0.15, 0.2) is 36.4 Å². The molecular weight excluding hydrogens is 256 g/mol. The van der Waals surface area contributed by atoms with Gasteiger partial charge in [-0.2, -0.15) is 0 Å². The van der Waals surface area contributed by atoms with E-state index in [1.165, 1.54) is 0 Å². The minimum Gasteiger partial charge on any atom is -0.481 e. The number of carboxylic acids is 2. The van der Waals surface area contributed by atoms with Gasteiger partial charge in [0.25, 0.3) is 0 Å². The second-order valence-electron chi connectivity index (χ2n) is 5.23. The van der Waals surface area contributed by atoms with E-state index in [9.17, 15) is 19.8 Å². The first-order valence-corrected chi connectivity index (χ1v) is 6.53. The van der Waals surface area contributed by atoms with Crippen LogP contribution in [-0.2, 0) is 22.4 Å². The summed E-state index contributed by atoms with van der Waals surface area (Å²) in [5.74, 6) is -3.85. The maximum absolute atomic E-state index is 11.4. The lowest BCUT2D eigenvalue weighted by Crippen LogP contribution is -2.32. The highest BCUT2D eigenvalue weighted by Crippen LogP contribution is 2.34. The van der Waals surface area contributed by atoms with E-state index in [4.69, 9.17) is 0 Å². The Kier molecular flexibility index (Phi) is 2.93. The number of aliphatic carboxylic acids is 2. The Hall–Kier alpha value is -2.36. The third kappa shape index (κ3) is 1.93. The Labute approximate surface area is 115 Å². The summed E-state index contributed by atoms with van der Waals surface area (Å²) < 4.78 is 0. The van der Waals surface area contributed by atoms with Crippen molar-refractivity contribution >= 4 is 22.7 Å². The number of rotatable bonds is 2. The second-order valence-corrected chi connectivity index (χ2v) is 5.23. The van der Waals surface area contributed by atoms with E-state index in [1.54, 1.807) is 0 Å². The molecule has 2 atom stereocenters. The molecule has 0 saturated carbocycles. The van der Waals surface area contributed by atoms with E-state index in [-0.39, 0.29) is 12.8 Å². The molecule has 2 aromatic rings. The van der Waals surface area contributed by atoms with Crippen molar-refractivity contribution in [2.45, 2.75) is 12.8 Å². The molecular formula is C16H14O4. The van der Waals surface area contributed by atoms with E-state index in [2.05, 4.69) is 0 Å². The van der Waals surface area contributed by atoms with E-state index in [0.29, 0.717) is 0 Å². The molecule has 0 aromatic heterocycles. The van der Waals surface area contributed by atoms with Crippen LogP contribution in [0.3, 0.4) is 0 Å². The largest absolute Gasteiger partial charge is 0.481 e. The molecule has 0 spiro atoms. The molecule has 20 heavy (non-hydrogen) atoms. The van der Waals surface area contributed by atoms with Crippen molar-refractivity contribution in [3.8, 4) is 0 Å². The van der Waals surface area contributed by atoms with Gasteiger partial charge in [0.1, 0.15) is 0 Å².